The minimum absolute atomic E-state index is 0.0807. The van der Waals surface area contributed by atoms with Gasteiger partial charge in [-0.05, 0) is 24.1 Å². The second-order valence-electron chi connectivity index (χ2n) is 7.94. The molecule has 0 saturated carbocycles. The standard InChI is InChI=1S/C26H28N4O5/c1-33-13-7-12-29-17-27-24-20(18-8-5-4-6-9-18)15-30(25(24)26(29)32)16-23(31)28-21-14-19(34-2)10-11-22(21)35-3/h4-6,8-11,14-15,17H,7,12-13,16H2,1-3H3,(H,28,31). The summed E-state index contributed by atoms with van der Waals surface area (Å²) in [6.45, 7) is 0.920. The number of amides is 1. The van der Waals surface area contributed by atoms with Crippen molar-refractivity contribution in [2.24, 2.45) is 0 Å². The van der Waals surface area contributed by atoms with Crippen LogP contribution in [-0.4, -0.2) is 48.0 Å². The van der Waals surface area contributed by atoms with Crippen molar-refractivity contribution in [3.8, 4) is 22.6 Å². The monoisotopic (exact) mass is 476 g/mol. The van der Waals surface area contributed by atoms with E-state index in [2.05, 4.69) is 10.3 Å². The second kappa shape index (κ2) is 10.9. The Bertz CT molecular complexity index is 1380. The van der Waals surface area contributed by atoms with Gasteiger partial charge >= 0.3 is 0 Å². The number of aromatic nitrogens is 3. The molecule has 9 heteroatoms. The van der Waals surface area contributed by atoms with Crippen molar-refractivity contribution in [3.63, 3.8) is 0 Å². The Morgan fingerprint density at radius 1 is 1.03 bits per heavy atom. The van der Waals surface area contributed by atoms with Crippen LogP contribution in [0.3, 0.4) is 0 Å². The Kier molecular flexibility index (Phi) is 7.47. The number of hydrogen-bond donors (Lipinski definition) is 1. The zero-order chi connectivity index (χ0) is 24.8. The van der Waals surface area contributed by atoms with Gasteiger partial charge < -0.3 is 24.1 Å². The molecule has 0 atom stereocenters. The third-order valence-electron chi connectivity index (χ3n) is 5.67. The molecular formula is C26H28N4O5. The molecule has 1 amide bonds. The summed E-state index contributed by atoms with van der Waals surface area (Å²) in [5, 5.41) is 2.86. The van der Waals surface area contributed by atoms with Crippen molar-refractivity contribution in [2.75, 3.05) is 33.3 Å². The largest absolute Gasteiger partial charge is 0.497 e. The Balaban J connectivity index is 1.72. The molecule has 0 radical (unpaired) electrons. The Labute approximate surface area is 202 Å². The fourth-order valence-corrected chi connectivity index (χ4v) is 3.96. The van der Waals surface area contributed by atoms with Crippen molar-refractivity contribution < 1.29 is 19.0 Å². The maximum absolute atomic E-state index is 13.4. The molecule has 0 unspecified atom stereocenters. The number of nitrogens with one attached hydrogen (secondary N) is 1. The van der Waals surface area contributed by atoms with Crippen LogP contribution in [0, 0.1) is 0 Å². The average molecular weight is 477 g/mol. The fraction of sp³-hybridized carbons (Fsp3) is 0.269. The highest BCUT2D eigenvalue weighted by molar-refractivity contribution is 5.96. The number of ether oxygens (including phenoxy) is 3. The summed E-state index contributed by atoms with van der Waals surface area (Å²) in [6.07, 6.45) is 4.03. The number of aryl methyl sites for hydroxylation is 1. The van der Waals surface area contributed by atoms with Crippen LogP contribution in [0.5, 0.6) is 11.5 Å². The van der Waals surface area contributed by atoms with E-state index in [4.69, 9.17) is 14.2 Å². The summed E-state index contributed by atoms with van der Waals surface area (Å²) in [4.78, 5) is 31.1. The minimum Gasteiger partial charge on any atom is -0.497 e. The van der Waals surface area contributed by atoms with E-state index in [0.29, 0.717) is 47.8 Å². The molecule has 182 valence electrons. The van der Waals surface area contributed by atoms with Crippen LogP contribution in [0.4, 0.5) is 5.69 Å². The van der Waals surface area contributed by atoms with Crippen LogP contribution in [0.2, 0.25) is 0 Å². The third kappa shape index (κ3) is 5.20. The van der Waals surface area contributed by atoms with Gasteiger partial charge in [-0.25, -0.2) is 4.98 Å². The summed E-state index contributed by atoms with van der Waals surface area (Å²) >= 11 is 0. The fourth-order valence-electron chi connectivity index (χ4n) is 3.96. The van der Waals surface area contributed by atoms with Gasteiger partial charge in [-0.3, -0.25) is 14.2 Å². The molecule has 0 aliphatic rings. The molecule has 0 aliphatic heterocycles. The molecule has 2 aromatic heterocycles. The highest BCUT2D eigenvalue weighted by Crippen LogP contribution is 2.30. The van der Waals surface area contributed by atoms with E-state index in [9.17, 15) is 9.59 Å². The molecule has 0 fully saturated rings. The Hall–Kier alpha value is -4.11. The van der Waals surface area contributed by atoms with Gasteiger partial charge in [0.1, 0.15) is 29.1 Å². The predicted octanol–water partition coefficient (Wildman–Crippen LogP) is 3.56. The summed E-state index contributed by atoms with van der Waals surface area (Å²) < 4.78 is 18.9. The van der Waals surface area contributed by atoms with E-state index in [1.165, 1.54) is 7.11 Å². The van der Waals surface area contributed by atoms with Crippen molar-refractivity contribution >= 4 is 22.6 Å². The molecule has 35 heavy (non-hydrogen) atoms. The minimum atomic E-state index is -0.317. The van der Waals surface area contributed by atoms with Gasteiger partial charge in [-0.15, -0.1) is 0 Å². The summed E-state index contributed by atoms with van der Waals surface area (Å²) in [7, 11) is 4.70. The van der Waals surface area contributed by atoms with Gasteiger partial charge in [-0.2, -0.15) is 0 Å². The molecule has 9 nitrogen and oxygen atoms in total. The van der Waals surface area contributed by atoms with Crippen molar-refractivity contribution in [3.05, 3.63) is 71.4 Å². The van der Waals surface area contributed by atoms with Gasteiger partial charge in [0.25, 0.3) is 5.56 Å². The first-order valence-electron chi connectivity index (χ1n) is 11.2. The number of carbonyl (C=O) groups is 1. The molecule has 2 aromatic carbocycles. The first-order valence-corrected chi connectivity index (χ1v) is 11.2. The van der Waals surface area contributed by atoms with Gasteiger partial charge in [0.15, 0.2) is 0 Å². The second-order valence-corrected chi connectivity index (χ2v) is 7.94. The van der Waals surface area contributed by atoms with Crippen LogP contribution in [0.25, 0.3) is 22.2 Å². The predicted molar refractivity (Wildman–Crippen MR) is 134 cm³/mol. The molecular weight excluding hydrogens is 448 g/mol. The first kappa shape index (κ1) is 24.0. The number of methoxy groups -OCH3 is 3. The quantitative estimate of drug-likeness (QED) is 0.352. The van der Waals surface area contributed by atoms with E-state index in [1.807, 2.05) is 30.3 Å². The number of anilines is 1. The first-order chi connectivity index (χ1) is 17.0. The maximum atomic E-state index is 13.4. The van der Waals surface area contributed by atoms with Gasteiger partial charge in [0.2, 0.25) is 5.91 Å². The highest BCUT2D eigenvalue weighted by Gasteiger charge is 2.19. The van der Waals surface area contributed by atoms with Crippen molar-refractivity contribution in [1.29, 1.82) is 0 Å². The SMILES string of the molecule is COCCCn1cnc2c(-c3ccccc3)cn(CC(=O)Nc3cc(OC)ccc3OC)c2c1=O. The van der Waals surface area contributed by atoms with Crippen molar-refractivity contribution in [1.82, 2.24) is 14.1 Å². The number of nitrogens with zero attached hydrogens (tertiary/aromatic N) is 3. The summed E-state index contributed by atoms with van der Waals surface area (Å²) in [5.74, 6) is 0.771. The zero-order valence-electron chi connectivity index (χ0n) is 20.0. The summed E-state index contributed by atoms with van der Waals surface area (Å²) in [5.41, 5.74) is 2.89. The van der Waals surface area contributed by atoms with E-state index in [0.717, 1.165) is 11.1 Å². The van der Waals surface area contributed by atoms with Gasteiger partial charge in [0.05, 0.1) is 26.2 Å². The lowest BCUT2D eigenvalue weighted by Gasteiger charge is -2.12. The molecule has 4 aromatic rings. The van der Waals surface area contributed by atoms with Crippen LogP contribution < -0.4 is 20.3 Å². The van der Waals surface area contributed by atoms with E-state index in [1.54, 1.807) is 54.1 Å². The van der Waals surface area contributed by atoms with E-state index >= 15 is 0 Å². The molecule has 0 saturated heterocycles. The van der Waals surface area contributed by atoms with Crippen LogP contribution in [0.1, 0.15) is 6.42 Å². The number of carbonyl (C=O) groups excluding carboxylic acids is 1. The van der Waals surface area contributed by atoms with Crippen LogP contribution in [-0.2, 0) is 22.6 Å². The lowest BCUT2D eigenvalue weighted by Crippen LogP contribution is -2.25. The maximum Gasteiger partial charge on any atom is 0.277 e. The zero-order valence-corrected chi connectivity index (χ0v) is 20.0. The summed E-state index contributed by atoms with van der Waals surface area (Å²) in [6, 6.07) is 14.8. The molecule has 0 aliphatic carbocycles. The van der Waals surface area contributed by atoms with Gasteiger partial charge in [-0.1, -0.05) is 30.3 Å². The third-order valence-corrected chi connectivity index (χ3v) is 5.67. The molecule has 0 bridgehead atoms. The smallest absolute Gasteiger partial charge is 0.277 e. The molecule has 0 spiro atoms. The van der Waals surface area contributed by atoms with E-state index in [-0.39, 0.29) is 18.0 Å². The van der Waals surface area contributed by atoms with Crippen molar-refractivity contribution in [2.45, 2.75) is 19.5 Å². The number of fused-ring (bicyclic) bond motifs is 1. The number of rotatable bonds is 10. The Morgan fingerprint density at radius 3 is 2.54 bits per heavy atom. The van der Waals surface area contributed by atoms with E-state index < -0.39 is 0 Å². The number of hydrogen-bond acceptors (Lipinski definition) is 6. The lowest BCUT2D eigenvalue weighted by atomic mass is 10.1. The highest BCUT2D eigenvalue weighted by atomic mass is 16.5. The van der Waals surface area contributed by atoms with Gasteiger partial charge in [0, 0.05) is 38.1 Å². The Morgan fingerprint density at radius 2 is 1.83 bits per heavy atom. The normalized spacial score (nSPS) is 10.9. The topological polar surface area (TPSA) is 96.6 Å². The lowest BCUT2D eigenvalue weighted by molar-refractivity contribution is -0.116. The number of benzene rings is 2. The van der Waals surface area contributed by atoms with Crippen LogP contribution >= 0.6 is 0 Å². The average Bonchev–Trinajstić information content (AvgIpc) is 3.24. The molecule has 2 heterocycles. The molecule has 4 rings (SSSR count). The molecule has 1 N–H and O–H groups in total. The van der Waals surface area contributed by atoms with Crippen LogP contribution in [0.15, 0.2) is 65.8 Å².